The smallest absolute Gasteiger partial charge is 0.00647 e. The molecule has 0 N–H and O–H groups in total. The summed E-state index contributed by atoms with van der Waals surface area (Å²) in [6.07, 6.45) is 7.36. The zero-order chi connectivity index (χ0) is 9.90. The number of rotatable bonds is 3. The van der Waals surface area contributed by atoms with Crippen molar-refractivity contribution >= 4 is 15.9 Å². The van der Waals surface area contributed by atoms with Crippen LogP contribution in [0.4, 0.5) is 0 Å². The lowest BCUT2D eigenvalue weighted by Crippen LogP contribution is -2.23. The van der Waals surface area contributed by atoms with Crippen LogP contribution in [0, 0.1) is 17.3 Å². The highest BCUT2D eigenvalue weighted by molar-refractivity contribution is 9.09. The van der Waals surface area contributed by atoms with Crippen LogP contribution >= 0.6 is 15.9 Å². The van der Waals surface area contributed by atoms with Crippen LogP contribution < -0.4 is 0 Å². The molecule has 0 heterocycles. The summed E-state index contributed by atoms with van der Waals surface area (Å²) < 4.78 is 0. The van der Waals surface area contributed by atoms with E-state index in [0.29, 0.717) is 5.41 Å². The molecule has 0 aromatic rings. The van der Waals surface area contributed by atoms with Gasteiger partial charge in [0.25, 0.3) is 0 Å². The van der Waals surface area contributed by atoms with E-state index >= 15 is 0 Å². The molecule has 0 amide bonds. The molecule has 0 aliphatic heterocycles. The van der Waals surface area contributed by atoms with Gasteiger partial charge in [0, 0.05) is 5.33 Å². The summed E-state index contributed by atoms with van der Waals surface area (Å²) in [5.41, 5.74) is 0.478. The Balaban J connectivity index is 2.39. The average Bonchev–Trinajstić information content (AvgIpc) is 2.49. The minimum absolute atomic E-state index is 0.478. The molecule has 0 nitrogen and oxygen atoms in total. The number of hydrogen-bond acceptors (Lipinski definition) is 0. The second kappa shape index (κ2) is 4.82. The van der Waals surface area contributed by atoms with Crippen molar-refractivity contribution in [3.63, 3.8) is 0 Å². The lowest BCUT2D eigenvalue weighted by Gasteiger charge is -2.31. The lowest BCUT2D eigenvalue weighted by atomic mass is 9.77. The first-order valence-corrected chi connectivity index (χ1v) is 6.72. The molecule has 1 saturated carbocycles. The summed E-state index contributed by atoms with van der Waals surface area (Å²) in [6, 6.07) is 0. The number of alkyl halides is 1. The van der Waals surface area contributed by atoms with Crippen LogP contribution in [-0.4, -0.2) is 5.33 Å². The van der Waals surface area contributed by atoms with Gasteiger partial charge in [-0.05, 0) is 23.7 Å². The molecule has 0 radical (unpaired) electrons. The molecule has 0 aromatic heterocycles. The molecular formula is C12H23Br. The Morgan fingerprint density at radius 1 is 1.23 bits per heavy atom. The van der Waals surface area contributed by atoms with Crippen LogP contribution in [0.1, 0.15) is 52.9 Å². The van der Waals surface area contributed by atoms with Crippen molar-refractivity contribution < 1.29 is 0 Å². The van der Waals surface area contributed by atoms with Gasteiger partial charge in [-0.3, -0.25) is 0 Å². The lowest BCUT2D eigenvalue weighted by molar-refractivity contribution is 0.221. The third-order valence-electron chi connectivity index (χ3n) is 3.50. The monoisotopic (exact) mass is 246 g/mol. The van der Waals surface area contributed by atoms with Gasteiger partial charge in [-0.15, -0.1) is 0 Å². The van der Waals surface area contributed by atoms with Crippen molar-refractivity contribution in [3.05, 3.63) is 0 Å². The number of halogens is 1. The van der Waals surface area contributed by atoms with Crippen LogP contribution in [-0.2, 0) is 0 Å². The third kappa shape index (κ3) is 3.61. The van der Waals surface area contributed by atoms with Crippen molar-refractivity contribution in [1.29, 1.82) is 0 Å². The molecule has 1 fully saturated rings. The van der Waals surface area contributed by atoms with E-state index in [4.69, 9.17) is 0 Å². The molecular weight excluding hydrogens is 224 g/mol. The summed E-state index contributed by atoms with van der Waals surface area (Å²) in [4.78, 5) is 0. The van der Waals surface area contributed by atoms with Crippen LogP contribution in [0.15, 0.2) is 0 Å². The van der Waals surface area contributed by atoms with Crippen LogP contribution in [0.3, 0.4) is 0 Å². The molecule has 0 spiro atoms. The van der Waals surface area contributed by atoms with Crippen molar-refractivity contribution in [2.24, 2.45) is 17.3 Å². The van der Waals surface area contributed by atoms with E-state index in [1.54, 1.807) is 0 Å². The van der Waals surface area contributed by atoms with Crippen LogP contribution in [0.2, 0.25) is 0 Å². The van der Waals surface area contributed by atoms with Gasteiger partial charge in [-0.25, -0.2) is 0 Å². The highest BCUT2D eigenvalue weighted by Crippen LogP contribution is 2.38. The normalized spacial score (nSPS) is 22.2. The van der Waals surface area contributed by atoms with Gasteiger partial charge in [0.1, 0.15) is 0 Å². The van der Waals surface area contributed by atoms with Gasteiger partial charge in [0.15, 0.2) is 0 Å². The minimum atomic E-state index is 0.478. The predicted molar refractivity (Wildman–Crippen MR) is 63.3 cm³/mol. The van der Waals surface area contributed by atoms with E-state index in [-0.39, 0.29) is 0 Å². The average molecular weight is 247 g/mol. The fourth-order valence-electron chi connectivity index (χ4n) is 2.30. The Bertz CT molecular complexity index is 140. The quantitative estimate of drug-likeness (QED) is 0.638. The zero-order valence-corrected chi connectivity index (χ0v) is 10.9. The first kappa shape index (κ1) is 11.6. The molecule has 0 bridgehead atoms. The van der Waals surface area contributed by atoms with E-state index in [9.17, 15) is 0 Å². The first-order valence-electron chi connectivity index (χ1n) is 5.60. The molecule has 78 valence electrons. The largest absolute Gasteiger partial charge is 0.0925 e. The molecule has 0 saturated heterocycles. The Kier molecular flexibility index (Phi) is 4.28. The van der Waals surface area contributed by atoms with Gasteiger partial charge in [0.05, 0.1) is 0 Å². The van der Waals surface area contributed by atoms with E-state index in [2.05, 4.69) is 36.7 Å². The maximum atomic E-state index is 3.66. The summed E-state index contributed by atoms with van der Waals surface area (Å²) >= 11 is 3.66. The van der Waals surface area contributed by atoms with Crippen molar-refractivity contribution in [2.45, 2.75) is 52.9 Å². The molecule has 1 aliphatic rings. The third-order valence-corrected chi connectivity index (χ3v) is 4.29. The molecule has 1 atom stereocenters. The van der Waals surface area contributed by atoms with Gasteiger partial charge in [-0.1, -0.05) is 62.4 Å². The van der Waals surface area contributed by atoms with E-state index in [0.717, 1.165) is 11.8 Å². The SMILES string of the molecule is CC(C)(C)C(CBr)CC1CCCC1. The number of hydrogen-bond donors (Lipinski definition) is 0. The molecule has 1 heteroatoms. The minimum Gasteiger partial charge on any atom is -0.0925 e. The predicted octanol–water partition coefficient (Wildman–Crippen LogP) is 4.62. The van der Waals surface area contributed by atoms with Gasteiger partial charge in [-0.2, -0.15) is 0 Å². The molecule has 13 heavy (non-hydrogen) atoms. The molecule has 1 unspecified atom stereocenters. The maximum absolute atomic E-state index is 3.66. The summed E-state index contributed by atoms with van der Waals surface area (Å²) in [5.74, 6) is 1.89. The van der Waals surface area contributed by atoms with Gasteiger partial charge >= 0.3 is 0 Å². The second-order valence-corrected chi connectivity index (χ2v) is 6.25. The van der Waals surface area contributed by atoms with E-state index in [1.165, 1.54) is 37.4 Å². The fourth-order valence-corrected chi connectivity index (χ4v) is 3.53. The zero-order valence-electron chi connectivity index (χ0n) is 9.28. The Morgan fingerprint density at radius 3 is 2.15 bits per heavy atom. The standard InChI is InChI=1S/C12H23Br/c1-12(2,3)11(9-13)8-10-6-4-5-7-10/h10-11H,4-9H2,1-3H3. The van der Waals surface area contributed by atoms with Crippen molar-refractivity contribution in [2.75, 3.05) is 5.33 Å². The molecule has 1 rings (SSSR count). The van der Waals surface area contributed by atoms with Crippen LogP contribution in [0.5, 0.6) is 0 Å². The Morgan fingerprint density at radius 2 is 1.77 bits per heavy atom. The summed E-state index contributed by atoms with van der Waals surface area (Å²) in [5, 5.41) is 1.17. The fraction of sp³-hybridized carbons (Fsp3) is 1.00. The first-order chi connectivity index (χ1) is 6.04. The maximum Gasteiger partial charge on any atom is 0.00647 e. The second-order valence-electron chi connectivity index (χ2n) is 5.60. The van der Waals surface area contributed by atoms with E-state index < -0.39 is 0 Å². The van der Waals surface area contributed by atoms with Crippen molar-refractivity contribution in [1.82, 2.24) is 0 Å². The van der Waals surface area contributed by atoms with Gasteiger partial charge in [0.2, 0.25) is 0 Å². The van der Waals surface area contributed by atoms with Crippen molar-refractivity contribution in [3.8, 4) is 0 Å². The van der Waals surface area contributed by atoms with Crippen LogP contribution in [0.25, 0.3) is 0 Å². The summed E-state index contributed by atoms with van der Waals surface area (Å²) in [6.45, 7) is 7.11. The Labute approximate surface area is 91.6 Å². The van der Waals surface area contributed by atoms with E-state index in [1.807, 2.05) is 0 Å². The topological polar surface area (TPSA) is 0 Å². The van der Waals surface area contributed by atoms with Gasteiger partial charge < -0.3 is 0 Å². The Hall–Kier alpha value is 0.480. The highest BCUT2D eigenvalue weighted by Gasteiger charge is 2.27. The molecule has 0 aromatic carbocycles. The summed E-state index contributed by atoms with van der Waals surface area (Å²) in [7, 11) is 0. The molecule has 1 aliphatic carbocycles. The highest BCUT2D eigenvalue weighted by atomic mass is 79.9.